The van der Waals surface area contributed by atoms with E-state index in [2.05, 4.69) is 16.4 Å². The highest BCUT2D eigenvalue weighted by Crippen LogP contribution is 2.40. The molecule has 0 saturated heterocycles. The Morgan fingerprint density at radius 1 is 1.17 bits per heavy atom. The molecule has 1 N–H and O–H groups in total. The van der Waals surface area contributed by atoms with Gasteiger partial charge in [-0.05, 0) is 69.7 Å². The number of aromatic nitrogens is 1. The Morgan fingerprint density at radius 2 is 1.92 bits per heavy atom. The van der Waals surface area contributed by atoms with Crippen LogP contribution in [0.4, 0.5) is 5.82 Å². The molecule has 184 valence electrons. The summed E-state index contributed by atoms with van der Waals surface area (Å²) in [6, 6.07) is 15.0. The number of hydrogen-bond acceptors (Lipinski definition) is 7. The molecule has 1 atom stereocenters. The largest absolute Gasteiger partial charge is 0.493 e. The summed E-state index contributed by atoms with van der Waals surface area (Å²) in [5.41, 5.74) is 0.629. The van der Waals surface area contributed by atoms with Crippen molar-refractivity contribution in [3.8, 4) is 23.3 Å². The number of hydrogen-bond donors (Lipinski definition) is 1. The third-order valence-corrected chi connectivity index (χ3v) is 5.50. The zero-order valence-corrected chi connectivity index (χ0v) is 20.8. The lowest BCUT2D eigenvalue weighted by atomic mass is 9.91. The predicted octanol–water partition coefficient (Wildman–Crippen LogP) is 5.86. The van der Waals surface area contributed by atoms with E-state index in [-0.39, 0.29) is 23.2 Å². The maximum absolute atomic E-state index is 12.7. The number of carbonyl (C=O) groups excluding carboxylic acids is 2. The zero-order chi connectivity index (χ0) is 25.9. The van der Waals surface area contributed by atoms with Crippen LogP contribution < -0.4 is 14.8 Å². The molecule has 1 unspecified atom stereocenters. The minimum absolute atomic E-state index is 0.253. The van der Waals surface area contributed by atoms with Crippen molar-refractivity contribution in [2.24, 2.45) is 0 Å². The third-order valence-electron chi connectivity index (χ3n) is 5.28. The zero-order valence-electron chi connectivity index (χ0n) is 20.0. The fraction of sp³-hybridized carbons (Fsp3) is 0.259. The fourth-order valence-corrected chi connectivity index (χ4v) is 3.76. The smallest absolute Gasteiger partial charge is 0.314 e. The number of nitrogens with one attached hydrogen (secondary N) is 1. The van der Waals surface area contributed by atoms with Crippen LogP contribution in [0.5, 0.6) is 17.2 Å². The van der Waals surface area contributed by atoms with Gasteiger partial charge in [0.15, 0.2) is 0 Å². The highest BCUT2D eigenvalue weighted by molar-refractivity contribution is 6.30. The normalized spacial score (nSPS) is 14.6. The number of amides is 1. The number of nitrogens with zero attached hydrogens (tertiary/aromatic N) is 2. The van der Waals surface area contributed by atoms with Gasteiger partial charge in [-0.25, -0.2) is 4.98 Å². The molecule has 1 aromatic heterocycles. The molecule has 8 nitrogen and oxygen atoms in total. The molecular weight excluding hydrogens is 482 g/mol. The monoisotopic (exact) mass is 505 g/mol. The lowest BCUT2D eigenvalue weighted by molar-refractivity contribution is -0.157. The van der Waals surface area contributed by atoms with E-state index in [1.807, 2.05) is 20.8 Å². The van der Waals surface area contributed by atoms with Gasteiger partial charge in [-0.3, -0.25) is 9.59 Å². The molecule has 2 heterocycles. The van der Waals surface area contributed by atoms with E-state index in [1.54, 1.807) is 48.5 Å². The minimum Gasteiger partial charge on any atom is -0.493 e. The van der Waals surface area contributed by atoms with E-state index >= 15 is 0 Å². The second kappa shape index (κ2) is 10.3. The van der Waals surface area contributed by atoms with Crippen LogP contribution in [0.1, 0.15) is 54.6 Å². The van der Waals surface area contributed by atoms with E-state index < -0.39 is 11.5 Å². The van der Waals surface area contributed by atoms with Gasteiger partial charge in [-0.15, -0.1) is 0 Å². The van der Waals surface area contributed by atoms with Crippen molar-refractivity contribution in [2.75, 3.05) is 11.9 Å². The van der Waals surface area contributed by atoms with E-state index in [1.165, 1.54) is 6.20 Å². The Bertz CT molecular complexity index is 1330. The fourth-order valence-electron chi connectivity index (χ4n) is 3.65. The quantitative estimate of drug-likeness (QED) is 0.432. The van der Waals surface area contributed by atoms with Crippen LogP contribution in [0.2, 0.25) is 5.02 Å². The molecular formula is C27H24ClN3O5. The maximum atomic E-state index is 12.7. The van der Waals surface area contributed by atoms with Crippen LogP contribution in [0.25, 0.3) is 0 Å². The van der Waals surface area contributed by atoms with Crippen LogP contribution in [-0.4, -0.2) is 29.1 Å². The number of fused-ring (bicyclic) bond motifs is 1. The van der Waals surface area contributed by atoms with Gasteiger partial charge in [-0.1, -0.05) is 11.6 Å². The Labute approximate surface area is 213 Å². The Hall–Kier alpha value is -4.09. The van der Waals surface area contributed by atoms with Crippen molar-refractivity contribution in [1.82, 2.24) is 4.98 Å². The molecule has 1 amide bonds. The first kappa shape index (κ1) is 25.0. The van der Waals surface area contributed by atoms with Crippen LogP contribution >= 0.6 is 11.6 Å². The number of anilines is 1. The van der Waals surface area contributed by atoms with Crippen molar-refractivity contribution in [3.05, 3.63) is 76.4 Å². The highest BCUT2D eigenvalue weighted by atomic mass is 35.5. The summed E-state index contributed by atoms with van der Waals surface area (Å²) in [4.78, 5) is 29.3. The van der Waals surface area contributed by atoms with Crippen molar-refractivity contribution in [3.63, 3.8) is 0 Å². The second-order valence-electron chi connectivity index (χ2n) is 9.16. The number of rotatable bonds is 5. The molecule has 0 fully saturated rings. The SMILES string of the molecule is CC(C)(C)OC(=O)C1CCOc2cc(Oc3ccc(C(=O)Nc4ccc(Cl)cn4)cc3)c(C#N)cc21. The van der Waals surface area contributed by atoms with Crippen molar-refractivity contribution in [2.45, 2.75) is 38.7 Å². The Kier molecular flexibility index (Phi) is 7.13. The first-order valence-corrected chi connectivity index (χ1v) is 11.7. The van der Waals surface area contributed by atoms with E-state index in [4.69, 9.17) is 25.8 Å². The van der Waals surface area contributed by atoms with E-state index in [0.717, 1.165) is 0 Å². The summed E-state index contributed by atoms with van der Waals surface area (Å²) in [5, 5.41) is 12.9. The number of pyridine rings is 1. The molecule has 0 aliphatic carbocycles. The van der Waals surface area contributed by atoms with Gasteiger partial charge in [0.25, 0.3) is 5.91 Å². The van der Waals surface area contributed by atoms with Gasteiger partial charge >= 0.3 is 5.97 Å². The molecule has 0 radical (unpaired) electrons. The lowest BCUT2D eigenvalue weighted by Gasteiger charge is -2.28. The van der Waals surface area contributed by atoms with Crippen LogP contribution in [-0.2, 0) is 9.53 Å². The lowest BCUT2D eigenvalue weighted by Crippen LogP contribution is -2.30. The number of benzene rings is 2. The molecule has 4 rings (SSSR count). The standard InChI is InChI=1S/C27H24ClN3O5/c1-27(2,3)36-26(33)20-10-11-34-23-13-22(17(14-29)12-21(20)23)35-19-7-4-16(5-8-19)25(32)31-24-9-6-18(28)15-30-24/h4-9,12-13,15,20H,10-11H2,1-3H3,(H,30,31,32). The summed E-state index contributed by atoms with van der Waals surface area (Å²) >= 11 is 5.82. The Balaban J connectivity index is 1.51. The molecule has 0 bridgehead atoms. The third kappa shape index (κ3) is 5.93. The average molecular weight is 506 g/mol. The van der Waals surface area contributed by atoms with Gasteiger partial charge in [0.2, 0.25) is 0 Å². The average Bonchev–Trinajstić information content (AvgIpc) is 2.84. The van der Waals surface area contributed by atoms with Crippen LogP contribution in [0, 0.1) is 11.3 Å². The molecule has 3 aromatic rings. The molecule has 0 saturated carbocycles. The first-order chi connectivity index (χ1) is 17.1. The van der Waals surface area contributed by atoms with Crippen LogP contribution in [0.3, 0.4) is 0 Å². The van der Waals surface area contributed by atoms with Gasteiger partial charge < -0.3 is 19.5 Å². The summed E-state index contributed by atoms with van der Waals surface area (Å²) in [7, 11) is 0. The van der Waals surface area contributed by atoms with Gasteiger partial charge in [0.1, 0.15) is 34.7 Å². The first-order valence-electron chi connectivity index (χ1n) is 11.3. The molecule has 2 aromatic carbocycles. The summed E-state index contributed by atoms with van der Waals surface area (Å²) in [6.45, 7) is 5.78. The number of halogens is 1. The molecule has 1 aliphatic rings. The summed E-state index contributed by atoms with van der Waals surface area (Å²) in [6.07, 6.45) is 1.90. The van der Waals surface area contributed by atoms with Gasteiger partial charge in [-0.2, -0.15) is 5.26 Å². The molecule has 9 heteroatoms. The van der Waals surface area contributed by atoms with E-state index in [9.17, 15) is 14.9 Å². The second-order valence-corrected chi connectivity index (χ2v) is 9.60. The molecule has 1 aliphatic heterocycles. The Morgan fingerprint density at radius 3 is 2.56 bits per heavy atom. The number of carbonyl (C=O) groups is 2. The van der Waals surface area contributed by atoms with Gasteiger partial charge in [0, 0.05) is 23.4 Å². The van der Waals surface area contributed by atoms with Crippen molar-refractivity contribution < 1.29 is 23.8 Å². The van der Waals surface area contributed by atoms with Crippen molar-refractivity contribution in [1.29, 1.82) is 5.26 Å². The minimum atomic E-state index is -0.620. The van der Waals surface area contributed by atoms with Crippen LogP contribution in [0.15, 0.2) is 54.7 Å². The summed E-state index contributed by atoms with van der Waals surface area (Å²) < 4.78 is 17.2. The number of nitriles is 1. The van der Waals surface area contributed by atoms with E-state index in [0.29, 0.717) is 46.5 Å². The van der Waals surface area contributed by atoms with Gasteiger partial charge in [0.05, 0.1) is 23.1 Å². The summed E-state index contributed by atoms with van der Waals surface area (Å²) in [5.74, 6) is 0.328. The molecule has 0 spiro atoms. The number of ether oxygens (including phenoxy) is 3. The highest BCUT2D eigenvalue weighted by Gasteiger charge is 2.33. The number of esters is 1. The molecule has 36 heavy (non-hydrogen) atoms. The predicted molar refractivity (Wildman–Crippen MR) is 134 cm³/mol. The van der Waals surface area contributed by atoms with Crippen molar-refractivity contribution >= 4 is 29.3 Å². The topological polar surface area (TPSA) is 111 Å². The maximum Gasteiger partial charge on any atom is 0.314 e.